The summed E-state index contributed by atoms with van der Waals surface area (Å²) in [5, 5.41) is 8.26. The number of nitrogens with one attached hydrogen (secondary N) is 1. The summed E-state index contributed by atoms with van der Waals surface area (Å²) in [6.07, 6.45) is 0. The van der Waals surface area contributed by atoms with Crippen LogP contribution in [0.25, 0.3) is 5.69 Å². The van der Waals surface area contributed by atoms with Gasteiger partial charge in [0.15, 0.2) is 5.11 Å². The SMILES string of the molecule is Cc1nn(-c2ccccc2)c(C)c1[C@H]1NC(=S)N(C(C)C)C1=O. The zero-order valence-electron chi connectivity index (χ0n) is 13.7. The maximum absolute atomic E-state index is 12.7. The number of thiocarbonyl (C=S) groups is 1. The molecular formula is C17H20N4OS. The Bertz CT molecular complexity index is 766. The van der Waals surface area contributed by atoms with E-state index >= 15 is 0 Å². The normalized spacial score (nSPS) is 18.0. The Morgan fingerprint density at radius 2 is 1.87 bits per heavy atom. The van der Waals surface area contributed by atoms with Gasteiger partial charge in [-0.3, -0.25) is 9.69 Å². The quantitative estimate of drug-likeness (QED) is 0.880. The van der Waals surface area contributed by atoms with E-state index in [4.69, 9.17) is 12.2 Å². The van der Waals surface area contributed by atoms with Gasteiger partial charge in [-0.15, -0.1) is 0 Å². The zero-order chi connectivity index (χ0) is 16.7. The molecule has 0 bridgehead atoms. The van der Waals surface area contributed by atoms with Crippen LogP contribution in [-0.4, -0.2) is 31.7 Å². The van der Waals surface area contributed by atoms with Gasteiger partial charge in [-0.25, -0.2) is 4.68 Å². The molecule has 1 N–H and O–H groups in total. The van der Waals surface area contributed by atoms with E-state index in [1.807, 2.05) is 62.7 Å². The van der Waals surface area contributed by atoms with Crippen molar-refractivity contribution in [2.24, 2.45) is 0 Å². The molecule has 1 atom stereocenters. The van der Waals surface area contributed by atoms with Crippen LogP contribution in [0.15, 0.2) is 30.3 Å². The molecule has 0 saturated carbocycles. The first-order chi connectivity index (χ1) is 10.9. The summed E-state index contributed by atoms with van der Waals surface area (Å²) < 4.78 is 1.88. The van der Waals surface area contributed by atoms with Crippen molar-refractivity contribution in [2.45, 2.75) is 39.8 Å². The lowest BCUT2D eigenvalue weighted by Gasteiger charge is -2.19. The van der Waals surface area contributed by atoms with Crippen LogP contribution in [0.1, 0.15) is 36.8 Å². The van der Waals surface area contributed by atoms with E-state index in [-0.39, 0.29) is 11.9 Å². The molecule has 0 unspecified atom stereocenters. The largest absolute Gasteiger partial charge is 0.347 e. The van der Waals surface area contributed by atoms with Crippen molar-refractivity contribution in [2.75, 3.05) is 0 Å². The maximum atomic E-state index is 12.7. The Hall–Kier alpha value is -2.21. The van der Waals surface area contributed by atoms with E-state index in [2.05, 4.69) is 10.4 Å². The van der Waals surface area contributed by atoms with E-state index in [0.717, 1.165) is 22.6 Å². The van der Waals surface area contributed by atoms with Crippen molar-refractivity contribution in [3.8, 4) is 5.69 Å². The first-order valence-electron chi connectivity index (χ1n) is 7.67. The molecule has 120 valence electrons. The summed E-state index contributed by atoms with van der Waals surface area (Å²) in [6.45, 7) is 7.83. The van der Waals surface area contributed by atoms with Gasteiger partial charge in [0.05, 0.1) is 11.4 Å². The molecule has 0 aliphatic carbocycles. The number of para-hydroxylation sites is 1. The highest BCUT2D eigenvalue weighted by molar-refractivity contribution is 7.80. The van der Waals surface area contributed by atoms with Crippen LogP contribution >= 0.6 is 12.2 Å². The van der Waals surface area contributed by atoms with E-state index in [1.54, 1.807) is 4.90 Å². The highest BCUT2D eigenvalue weighted by Crippen LogP contribution is 2.29. The Morgan fingerprint density at radius 3 is 2.43 bits per heavy atom. The van der Waals surface area contributed by atoms with Gasteiger partial charge >= 0.3 is 0 Å². The van der Waals surface area contributed by atoms with E-state index in [9.17, 15) is 4.79 Å². The standard InChI is InChI=1S/C17H20N4OS/c1-10(2)20-16(22)15(18-17(20)23)14-11(3)19-21(12(14)4)13-8-6-5-7-9-13/h5-10,15H,1-4H3,(H,18,23)/t15-/m1/s1. The molecule has 1 fully saturated rings. The molecule has 6 heteroatoms. The Labute approximate surface area is 141 Å². The van der Waals surface area contributed by atoms with E-state index in [1.165, 1.54) is 0 Å². The van der Waals surface area contributed by atoms with Crippen LogP contribution in [-0.2, 0) is 4.79 Å². The van der Waals surface area contributed by atoms with E-state index < -0.39 is 6.04 Å². The Balaban J connectivity index is 2.04. The topological polar surface area (TPSA) is 50.2 Å². The second kappa shape index (κ2) is 5.77. The highest BCUT2D eigenvalue weighted by Gasteiger charge is 2.40. The molecule has 0 spiro atoms. The van der Waals surface area contributed by atoms with Gasteiger partial charge in [0.2, 0.25) is 0 Å². The zero-order valence-corrected chi connectivity index (χ0v) is 14.5. The maximum Gasteiger partial charge on any atom is 0.256 e. The monoisotopic (exact) mass is 328 g/mol. The fourth-order valence-electron chi connectivity index (χ4n) is 3.07. The third-order valence-electron chi connectivity index (χ3n) is 4.12. The predicted octanol–water partition coefficient (Wildman–Crippen LogP) is 2.66. The molecule has 0 radical (unpaired) electrons. The van der Waals surface area contributed by atoms with Crippen LogP contribution < -0.4 is 5.32 Å². The van der Waals surface area contributed by atoms with Gasteiger partial charge in [0, 0.05) is 17.3 Å². The van der Waals surface area contributed by atoms with Gasteiger partial charge in [-0.05, 0) is 52.0 Å². The van der Waals surface area contributed by atoms with Gasteiger partial charge in [0.25, 0.3) is 5.91 Å². The molecule has 1 amide bonds. The minimum atomic E-state index is -0.456. The number of aromatic nitrogens is 2. The van der Waals surface area contributed by atoms with Crippen LogP contribution in [0.2, 0.25) is 0 Å². The number of hydrogen-bond acceptors (Lipinski definition) is 3. The molecular weight excluding hydrogens is 308 g/mol. The number of hydrogen-bond donors (Lipinski definition) is 1. The van der Waals surface area contributed by atoms with Gasteiger partial charge in [0.1, 0.15) is 6.04 Å². The fraction of sp³-hybridized carbons (Fsp3) is 0.353. The lowest BCUT2D eigenvalue weighted by Crippen LogP contribution is -2.36. The van der Waals surface area contributed by atoms with Crippen molar-refractivity contribution in [1.29, 1.82) is 0 Å². The van der Waals surface area contributed by atoms with Crippen molar-refractivity contribution in [3.63, 3.8) is 0 Å². The number of carbonyl (C=O) groups excluding carboxylic acids is 1. The molecule has 5 nitrogen and oxygen atoms in total. The molecule has 1 aromatic heterocycles. The second-order valence-electron chi connectivity index (χ2n) is 6.02. The van der Waals surface area contributed by atoms with Crippen molar-refractivity contribution in [1.82, 2.24) is 20.0 Å². The van der Waals surface area contributed by atoms with Gasteiger partial charge in [-0.2, -0.15) is 5.10 Å². The fourth-order valence-corrected chi connectivity index (χ4v) is 3.49. The predicted molar refractivity (Wildman–Crippen MR) is 93.5 cm³/mol. The molecule has 1 aliphatic heterocycles. The molecule has 1 saturated heterocycles. The number of aryl methyl sites for hydroxylation is 1. The van der Waals surface area contributed by atoms with Crippen molar-refractivity contribution < 1.29 is 4.79 Å². The Kier molecular flexibility index (Phi) is 3.93. The van der Waals surface area contributed by atoms with Crippen LogP contribution in [0, 0.1) is 13.8 Å². The van der Waals surface area contributed by atoms with Crippen molar-refractivity contribution >= 4 is 23.2 Å². The number of rotatable bonds is 3. The number of amides is 1. The molecule has 1 aliphatic rings. The summed E-state index contributed by atoms with van der Waals surface area (Å²) in [5.74, 6) is -0.0104. The lowest BCUT2D eigenvalue weighted by molar-refractivity contribution is -0.128. The number of carbonyl (C=O) groups is 1. The average Bonchev–Trinajstić information content (AvgIpc) is 2.96. The summed E-state index contributed by atoms with van der Waals surface area (Å²) in [4.78, 5) is 14.4. The minimum Gasteiger partial charge on any atom is -0.347 e. The first kappa shape index (κ1) is 15.7. The minimum absolute atomic E-state index is 0.0104. The Morgan fingerprint density at radius 1 is 1.22 bits per heavy atom. The van der Waals surface area contributed by atoms with Crippen molar-refractivity contribution in [3.05, 3.63) is 47.3 Å². The summed E-state index contributed by atoms with van der Waals surface area (Å²) in [5.41, 5.74) is 3.68. The second-order valence-corrected chi connectivity index (χ2v) is 6.40. The highest BCUT2D eigenvalue weighted by atomic mass is 32.1. The average molecular weight is 328 g/mol. The third kappa shape index (κ3) is 2.53. The lowest BCUT2D eigenvalue weighted by atomic mass is 10.0. The summed E-state index contributed by atoms with van der Waals surface area (Å²) >= 11 is 5.32. The van der Waals surface area contributed by atoms with Crippen LogP contribution in [0.4, 0.5) is 0 Å². The molecule has 1 aromatic carbocycles. The number of nitrogens with zero attached hydrogens (tertiary/aromatic N) is 3. The molecule has 2 aromatic rings. The third-order valence-corrected chi connectivity index (χ3v) is 4.44. The molecule has 3 rings (SSSR count). The smallest absolute Gasteiger partial charge is 0.256 e. The summed E-state index contributed by atoms with van der Waals surface area (Å²) in [6, 6.07) is 9.49. The van der Waals surface area contributed by atoms with Gasteiger partial charge < -0.3 is 5.32 Å². The van der Waals surface area contributed by atoms with Gasteiger partial charge in [-0.1, -0.05) is 18.2 Å². The van der Waals surface area contributed by atoms with Crippen LogP contribution in [0.5, 0.6) is 0 Å². The molecule has 23 heavy (non-hydrogen) atoms. The number of benzene rings is 1. The van der Waals surface area contributed by atoms with Crippen LogP contribution in [0.3, 0.4) is 0 Å². The summed E-state index contributed by atoms with van der Waals surface area (Å²) in [7, 11) is 0. The van der Waals surface area contributed by atoms with E-state index in [0.29, 0.717) is 5.11 Å². The molecule has 2 heterocycles. The first-order valence-corrected chi connectivity index (χ1v) is 8.07.